The molecule has 3 heteroatoms. The average molecular weight is 330 g/mol. The van der Waals surface area contributed by atoms with Crippen molar-refractivity contribution in [2.75, 3.05) is 6.54 Å². The van der Waals surface area contributed by atoms with E-state index in [1.807, 2.05) is 24.3 Å². The van der Waals surface area contributed by atoms with E-state index in [9.17, 15) is 4.79 Å². The highest BCUT2D eigenvalue weighted by Gasteiger charge is 2.40. The maximum atomic E-state index is 12.7. The van der Waals surface area contributed by atoms with Crippen LogP contribution in [-0.4, -0.2) is 12.3 Å². The maximum Gasteiger partial charge on any atom is 0.157 e. The molecule has 0 bridgehead atoms. The van der Waals surface area contributed by atoms with Crippen LogP contribution in [-0.2, 0) is 16.8 Å². The molecule has 0 heterocycles. The first-order chi connectivity index (χ1) is 10.8. The normalized spacial score (nSPS) is 20.8. The van der Waals surface area contributed by atoms with E-state index in [4.69, 9.17) is 0 Å². The predicted octanol–water partition coefficient (Wildman–Crippen LogP) is 4.28. The van der Waals surface area contributed by atoms with Crippen LogP contribution in [0, 0.1) is 0 Å². The van der Waals surface area contributed by atoms with Crippen LogP contribution in [0.5, 0.6) is 0 Å². The minimum Gasteiger partial charge on any atom is -0.301 e. The fourth-order valence-corrected chi connectivity index (χ4v) is 3.41. The lowest BCUT2D eigenvalue weighted by Crippen LogP contribution is -2.51. The Bertz CT molecular complexity index is 614. The number of carbonyl (C=O) groups is 1. The van der Waals surface area contributed by atoms with Gasteiger partial charge in [-0.05, 0) is 30.4 Å². The topological polar surface area (TPSA) is 29.1 Å². The van der Waals surface area contributed by atoms with E-state index in [-0.39, 0.29) is 12.4 Å². The summed E-state index contributed by atoms with van der Waals surface area (Å²) in [4.78, 5) is 12.7. The summed E-state index contributed by atoms with van der Waals surface area (Å²) in [7, 11) is 0. The number of benzene rings is 2. The lowest BCUT2D eigenvalue weighted by atomic mass is 9.75. The molecule has 23 heavy (non-hydrogen) atoms. The highest BCUT2D eigenvalue weighted by Crippen LogP contribution is 2.34. The van der Waals surface area contributed by atoms with Gasteiger partial charge in [-0.15, -0.1) is 12.4 Å². The molecule has 1 aliphatic rings. The van der Waals surface area contributed by atoms with E-state index >= 15 is 0 Å². The summed E-state index contributed by atoms with van der Waals surface area (Å²) in [5, 5.41) is 3.60. The first-order valence-electron chi connectivity index (χ1n) is 8.19. The van der Waals surface area contributed by atoms with Crippen LogP contribution in [0.2, 0.25) is 0 Å². The average Bonchev–Trinajstić information content (AvgIpc) is 2.58. The van der Waals surface area contributed by atoms with Gasteiger partial charge >= 0.3 is 0 Å². The second kappa shape index (κ2) is 8.28. The number of ketones is 1. The van der Waals surface area contributed by atoms with Gasteiger partial charge in [0, 0.05) is 13.0 Å². The molecule has 0 spiro atoms. The van der Waals surface area contributed by atoms with E-state index in [1.165, 1.54) is 5.56 Å². The number of carbonyl (C=O) groups excluding carboxylic acids is 1. The maximum absolute atomic E-state index is 12.7. The monoisotopic (exact) mass is 329 g/mol. The molecular formula is C20H24ClNO. The molecule has 1 fully saturated rings. The molecule has 0 amide bonds. The minimum atomic E-state index is -0.478. The Kier molecular flexibility index (Phi) is 6.37. The Hall–Kier alpha value is -1.64. The highest BCUT2D eigenvalue weighted by atomic mass is 35.5. The Labute approximate surface area is 144 Å². The number of hydrogen-bond acceptors (Lipinski definition) is 2. The van der Waals surface area contributed by atoms with Crippen molar-refractivity contribution in [3.8, 4) is 0 Å². The summed E-state index contributed by atoms with van der Waals surface area (Å²) in [6.45, 7) is 0.824. The van der Waals surface area contributed by atoms with Crippen LogP contribution in [0.3, 0.4) is 0 Å². The minimum absolute atomic E-state index is 0. The third kappa shape index (κ3) is 4.01. The van der Waals surface area contributed by atoms with Crippen molar-refractivity contribution in [1.29, 1.82) is 0 Å². The number of rotatable bonds is 5. The van der Waals surface area contributed by atoms with E-state index in [1.54, 1.807) is 0 Å². The highest BCUT2D eigenvalue weighted by molar-refractivity contribution is 5.90. The molecule has 1 aliphatic carbocycles. The van der Waals surface area contributed by atoms with Gasteiger partial charge in [0.2, 0.25) is 0 Å². The Morgan fingerprint density at radius 1 is 0.913 bits per heavy atom. The van der Waals surface area contributed by atoms with Crippen molar-refractivity contribution in [3.63, 3.8) is 0 Å². The van der Waals surface area contributed by atoms with Crippen molar-refractivity contribution in [2.45, 2.75) is 37.6 Å². The van der Waals surface area contributed by atoms with Crippen LogP contribution < -0.4 is 5.32 Å². The molecular weight excluding hydrogens is 306 g/mol. The first-order valence-corrected chi connectivity index (χ1v) is 8.19. The Morgan fingerprint density at radius 3 is 2.22 bits per heavy atom. The van der Waals surface area contributed by atoms with E-state index in [2.05, 4.69) is 41.7 Å². The fourth-order valence-electron chi connectivity index (χ4n) is 3.41. The molecule has 1 N–H and O–H groups in total. The third-order valence-corrected chi connectivity index (χ3v) is 4.63. The summed E-state index contributed by atoms with van der Waals surface area (Å²) in [5.74, 6) is 0.345. The van der Waals surface area contributed by atoms with E-state index in [0.29, 0.717) is 12.2 Å². The summed E-state index contributed by atoms with van der Waals surface area (Å²) in [6.07, 6.45) is 4.67. The second-order valence-electron chi connectivity index (χ2n) is 6.06. The van der Waals surface area contributed by atoms with E-state index in [0.717, 1.165) is 37.8 Å². The fraction of sp³-hybridized carbons (Fsp3) is 0.350. The molecule has 2 nitrogen and oxygen atoms in total. The van der Waals surface area contributed by atoms with Crippen LogP contribution in [0.1, 0.15) is 36.8 Å². The number of halogens is 1. The van der Waals surface area contributed by atoms with Crippen molar-refractivity contribution in [1.82, 2.24) is 5.32 Å². The summed E-state index contributed by atoms with van der Waals surface area (Å²) in [5.41, 5.74) is 1.95. The van der Waals surface area contributed by atoms with Crippen molar-refractivity contribution in [2.24, 2.45) is 0 Å². The van der Waals surface area contributed by atoms with Crippen molar-refractivity contribution >= 4 is 18.2 Å². The SMILES string of the molecule is Cl.O=C1CCCCC1(NCCc1ccccc1)c1ccccc1. The smallest absolute Gasteiger partial charge is 0.157 e. The zero-order valence-electron chi connectivity index (χ0n) is 13.3. The molecule has 122 valence electrons. The van der Waals surface area contributed by atoms with Gasteiger partial charge in [0.05, 0.1) is 0 Å². The van der Waals surface area contributed by atoms with Gasteiger partial charge in [0.15, 0.2) is 5.78 Å². The van der Waals surface area contributed by atoms with Crippen LogP contribution >= 0.6 is 12.4 Å². The van der Waals surface area contributed by atoms with Gasteiger partial charge in [-0.2, -0.15) is 0 Å². The Balaban J connectivity index is 0.00000192. The zero-order chi connectivity index (χ0) is 15.3. The van der Waals surface area contributed by atoms with Gasteiger partial charge in [-0.1, -0.05) is 67.1 Å². The number of hydrogen-bond donors (Lipinski definition) is 1. The van der Waals surface area contributed by atoms with E-state index < -0.39 is 5.54 Å². The zero-order valence-corrected chi connectivity index (χ0v) is 14.1. The summed E-state index contributed by atoms with van der Waals surface area (Å²) in [6, 6.07) is 20.7. The second-order valence-corrected chi connectivity index (χ2v) is 6.06. The molecule has 0 radical (unpaired) electrons. The quantitative estimate of drug-likeness (QED) is 0.887. The lowest BCUT2D eigenvalue weighted by molar-refractivity contribution is -0.128. The lowest BCUT2D eigenvalue weighted by Gasteiger charge is -2.37. The predicted molar refractivity (Wildman–Crippen MR) is 97.0 cm³/mol. The number of nitrogens with one attached hydrogen (secondary N) is 1. The summed E-state index contributed by atoms with van der Waals surface area (Å²) >= 11 is 0. The molecule has 3 rings (SSSR count). The van der Waals surface area contributed by atoms with Gasteiger partial charge < -0.3 is 5.32 Å². The molecule has 2 aromatic rings. The van der Waals surface area contributed by atoms with Crippen molar-refractivity contribution < 1.29 is 4.79 Å². The van der Waals surface area contributed by atoms with Gasteiger partial charge in [0.1, 0.15) is 5.54 Å². The molecule has 0 aromatic heterocycles. The standard InChI is InChI=1S/C20H23NO.ClH/c22-19-13-7-8-15-20(19,18-11-5-2-6-12-18)21-16-14-17-9-3-1-4-10-17;/h1-6,9-12,21H,7-8,13-16H2;1H. The van der Waals surface area contributed by atoms with Crippen LogP contribution in [0.4, 0.5) is 0 Å². The van der Waals surface area contributed by atoms with Gasteiger partial charge in [-0.3, -0.25) is 4.79 Å². The van der Waals surface area contributed by atoms with Gasteiger partial charge in [0.25, 0.3) is 0 Å². The summed E-state index contributed by atoms with van der Waals surface area (Å²) < 4.78 is 0. The van der Waals surface area contributed by atoms with Crippen LogP contribution in [0.25, 0.3) is 0 Å². The molecule has 1 unspecified atom stereocenters. The largest absolute Gasteiger partial charge is 0.301 e. The molecule has 1 atom stereocenters. The molecule has 2 aromatic carbocycles. The Morgan fingerprint density at radius 2 is 1.57 bits per heavy atom. The first kappa shape index (κ1) is 17.7. The van der Waals surface area contributed by atoms with Gasteiger partial charge in [-0.25, -0.2) is 0 Å². The molecule has 1 saturated carbocycles. The van der Waals surface area contributed by atoms with Crippen molar-refractivity contribution in [3.05, 3.63) is 71.8 Å². The number of Topliss-reactive ketones (excluding diaryl/α,β-unsaturated/α-hetero) is 1. The third-order valence-electron chi connectivity index (χ3n) is 4.63. The van der Waals surface area contributed by atoms with Crippen LogP contribution in [0.15, 0.2) is 60.7 Å². The molecule has 0 aliphatic heterocycles. The molecule has 0 saturated heterocycles.